The molecule has 1 aliphatic heterocycles. The molecule has 1 aromatic carbocycles. The smallest absolute Gasteiger partial charge is 0.231 e. The number of anilines is 3. The van der Waals surface area contributed by atoms with Gasteiger partial charge >= 0.3 is 0 Å². The molecular formula is C15H18FN5OS. The molecule has 122 valence electrons. The van der Waals surface area contributed by atoms with Gasteiger partial charge in [-0.2, -0.15) is 9.97 Å². The van der Waals surface area contributed by atoms with Crippen LogP contribution in [0.25, 0.3) is 0 Å². The maximum atomic E-state index is 12.8. The van der Waals surface area contributed by atoms with Crippen molar-refractivity contribution in [3.63, 3.8) is 0 Å². The minimum absolute atomic E-state index is 0.200. The van der Waals surface area contributed by atoms with E-state index in [4.69, 9.17) is 5.73 Å². The normalized spacial score (nSPS) is 18.9. The first-order valence-electron chi connectivity index (χ1n) is 7.32. The minimum atomic E-state index is -2.43. The van der Waals surface area contributed by atoms with Gasteiger partial charge in [-0.15, -0.1) is 3.89 Å². The van der Waals surface area contributed by atoms with Crippen molar-refractivity contribution in [2.24, 2.45) is 0 Å². The van der Waals surface area contributed by atoms with Crippen LogP contribution in [-0.4, -0.2) is 34.3 Å². The first kappa shape index (κ1) is 15.7. The fourth-order valence-corrected chi connectivity index (χ4v) is 3.18. The SMILES string of the molecule is CNc1cc(N2CCC(c3ccc(S(=O)F)cc3)C2)nc(N)n1. The Hall–Kier alpha value is -2.22. The Morgan fingerprint density at radius 3 is 2.74 bits per heavy atom. The molecule has 6 nitrogen and oxygen atoms in total. The van der Waals surface area contributed by atoms with Crippen molar-refractivity contribution < 1.29 is 8.09 Å². The number of nitrogen functional groups attached to an aromatic ring is 1. The largest absolute Gasteiger partial charge is 0.373 e. The molecule has 0 spiro atoms. The van der Waals surface area contributed by atoms with Crippen LogP contribution in [0.3, 0.4) is 0 Å². The van der Waals surface area contributed by atoms with E-state index in [9.17, 15) is 8.09 Å². The number of nitrogens with zero attached hydrogens (tertiary/aromatic N) is 3. The molecule has 0 aliphatic carbocycles. The minimum Gasteiger partial charge on any atom is -0.373 e. The van der Waals surface area contributed by atoms with E-state index in [-0.39, 0.29) is 10.8 Å². The molecule has 1 aliphatic rings. The predicted octanol–water partition coefficient (Wildman–Crippen LogP) is 2.09. The third-order valence-corrected chi connectivity index (χ3v) is 4.68. The molecule has 23 heavy (non-hydrogen) atoms. The summed E-state index contributed by atoms with van der Waals surface area (Å²) in [7, 11) is 1.79. The van der Waals surface area contributed by atoms with Gasteiger partial charge in [-0.3, -0.25) is 0 Å². The lowest BCUT2D eigenvalue weighted by molar-refractivity contribution is 0.649. The van der Waals surface area contributed by atoms with Crippen LogP contribution >= 0.6 is 0 Å². The van der Waals surface area contributed by atoms with Crippen LogP contribution in [0.15, 0.2) is 35.2 Å². The van der Waals surface area contributed by atoms with Gasteiger partial charge in [0, 0.05) is 32.1 Å². The van der Waals surface area contributed by atoms with E-state index < -0.39 is 11.2 Å². The fourth-order valence-electron chi connectivity index (χ4n) is 2.83. The second kappa shape index (κ2) is 6.49. The lowest BCUT2D eigenvalue weighted by Gasteiger charge is -2.18. The van der Waals surface area contributed by atoms with Gasteiger partial charge in [0.2, 0.25) is 17.1 Å². The summed E-state index contributed by atoms with van der Waals surface area (Å²) in [6.07, 6.45) is 0.969. The van der Waals surface area contributed by atoms with Crippen LogP contribution < -0.4 is 16.0 Å². The maximum absolute atomic E-state index is 12.8. The highest BCUT2D eigenvalue weighted by atomic mass is 32.2. The van der Waals surface area contributed by atoms with Crippen molar-refractivity contribution in [3.8, 4) is 0 Å². The van der Waals surface area contributed by atoms with Gasteiger partial charge in [-0.1, -0.05) is 12.1 Å². The Morgan fingerprint density at radius 2 is 2.09 bits per heavy atom. The number of halogens is 1. The number of nitrogens with two attached hydrogens (primary N) is 1. The van der Waals surface area contributed by atoms with Gasteiger partial charge in [0.05, 0.1) is 4.90 Å². The second-order valence-corrected chi connectivity index (χ2v) is 6.36. The van der Waals surface area contributed by atoms with E-state index in [1.807, 2.05) is 18.2 Å². The number of rotatable bonds is 4. The van der Waals surface area contributed by atoms with Gasteiger partial charge in [-0.05, 0) is 24.1 Å². The molecule has 8 heteroatoms. The van der Waals surface area contributed by atoms with E-state index in [0.29, 0.717) is 11.7 Å². The van der Waals surface area contributed by atoms with Gasteiger partial charge < -0.3 is 16.0 Å². The van der Waals surface area contributed by atoms with Gasteiger partial charge in [0.1, 0.15) is 11.6 Å². The number of hydrogen-bond donors (Lipinski definition) is 2. The average Bonchev–Trinajstić information content (AvgIpc) is 3.04. The average molecular weight is 335 g/mol. The van der Waals surface area contributed by atoms with Gasteiger partial charge in [-0.25, -0.2) is 4.21 Å². The monoisotopic (exact) mass is 335 g/mol. The molecule has 3 rings (SSSR count). The Morgan fingerprint density at radius 1 is 1.35 bits per heavy atom. The zero-order chi connectivity index (χ0) is 16.4. The predicted molar refractivity (Wildman–Crippen MR) is 89.5 cm³/mol. The summed E-state index contributed by atoms with van der Waals surface area (Å²) in [4.78, 5) is 10.7. The number of hydrogen-bond acceptors (Lipinski definition) is 6. The lowest BCUT2D eigenvalue weighted by atomic mass is 9.99. The Balaban J connectivity index is 1.75. The third kappa shape index (κ3) is 3.42. The van der Waals surface area contributed by atoms with Crippen molar-refractivity contribution in [1.82, 2.24) is 9.97 Å². The maximum Gasteiger partial charge on any atom is 0.231 e. The topological polar surface area (TPSA) is 84.1 Å². The van der Waals surface area contributed by atoms with Crippen LogP contribution in [0.2, 0.25) is 0 Å². The van der Waals surface area contributed by atoms with Crippen LogP contribution in [0.1, 0.15) is 17.9 Å². The summed E-state index contributed by atoms with van der Waals surface area (Å²) in [6.45, 7) is 1.67. The molecule has 2 atom stereocenters. The fraction of sp³-hybridized carbons (Fsp3) is 0.333. The summed E-state index contributed by atoms with van der Waals surface area (Å²) in [5, 5.41) is 2.97. The van der Waals surface area contributed by atoms with Crippen molar-refractivity contribution in [1.29, 1.82) is 0 Å². The van der Waals surface area contributed by atoms with Crippen molar-refractivity contribution in [2.75, 3.05) is 36.1 Å². The van der Waals surface area contributed by atoms with E-state index >= 15 is 0 Å². The third-order valence-electron chi connectivity index (χ3n) is 4.04. The molecule has 3 N–H and O–H groups in total. The Labute approximate surface area is 136 Å². The molecule has 0 amide bonds. The zero-order valence-electron chi connectivity index (χ0n) is 12.7. The second-order valence-electron chi connectivity index (χ2n) is 5.44. The molecule has 1 fully saturated rings. The summed E-state index contributed by atoms with van der Waals surface area (Å²) >= 11 is -2.43. The molecular weight excluding hydrogens is 317 g/mol. The molecule has 2 unspecified atom stereocenters. The van der Waals surface area contributed by atoms with Crippen molar-refractivity contribution in [2.45, 2.75) is 17.2 Å². The van der Waals surface area contributed by atoms with Crippen LogP contribution in [0, 0.1) is 0 Å². The summed E-state index contributed by atoms with van der Waals surface area (Å²) < 4.78 is 23.6. The summed E-state index contributed by atoms with van der Waals surface area (Å²) in [5.41, 5.74) is 6.85. The summed E-state index contributed by atoms with van der Waals surface area (Å²) in [5.74, 6) is 2.05. The Bertz CT molecular complexity index is 724. The standard InChI is InChI=1S/C15H18FN5OS/c1-18-13-8-14(20-15(17)19-13)21-7-6-11(9-21)10-2-4-12(5-3-10)23(16)22/h2-5,8,11H,6-7,9H2,1H3,(H3,17,18,19,20). The molecule has 2 aromatic rings. The molecule has 2 heterocycles. The van der Waals surface area contributed by atoms with Crippen LogP contribution in [0.4, 0.5) is 21.5 Å². The molecule has 1 aromatic heterocycles. The molecule has 0 bridgehead atoms. The molecule has 0 saturated carbocycles. The van der Waals surface area contributed by atoms with E-state index in [2.05, 4.69) is 20.2 Å². The van der Waals surface area contributed by atoms with E-state index in [1.165, 1.54) is 0 Å². The quantitative estimate of drug-likeness (QED) is 0.832. The summed E-state index contributed by atoms with van der Waals surface area (Å²) in [6, 6.07) is 8.71. The number of benzene rings is 1. The van der Waals surface area contributed by atoms with Crippen molar-refractivity contribution >= 4 is 28.8 Å². The highest BCUT2D eigenvalue weighted by Crippen LogP contribution is 2.31. The number of nitrogens with one attached hydrogen (secondary N) is 1. The van der Waals surface area contributed by atoms with Crippen LogP contribution in [0.5, 0.6) is 0 Å². The molecule has 0 radical (unpaired) electrons. The highest BCUT2D eigenvalue weighted by Gasteiger charge is 2.25. The Kier molecular flexibility index (Phi) is 4.42. The molecule has 1 saturated heterocycles. The van der Waals surface area contributed by atoms with Crippen LogP contribution in [-0.2, 0) is 11.2 Å². The lowest BCUT2D eigenvalue weighted by Crippen LogP contribution is -2.21. The zero-order valence-corrected chi connectivity index (χ0v) is 13.5. The first-order chi connectivity index (χ1) is 11.1. The van der Waals surface area contributed by atoms with Gasteiger partial charge in [0.15, 0.2) is 0 Å². The van der Waals surface area contributed by atoms with Crippen molar-refractivity contribution in [3.05, 3.63) is 35.9 Å². The van der Waals surface area contributed by atoms with Gasteiger partial charge in [0.25, 0.3) is 0 Å². The van der Waals surface area contributed by atoms with E-state index in [0.717, 1.165) is 30.9 Å². The number of aromatic nitrogens is 2. The highest BCUT2D eigenvalue weighted by molar-refractivity contribution is 7.79. The first-order valence-corrected chi connectivity index (χ1v) is 8.37. The van der Waals surface area contributed by atoms with E-state index in [1.54, 1.807) is 19.2 Å².